The quantitative estimate of drug-likeness (QED) is 0.436. The molecule has 8 nitrogen and oxygen atoms in total. The number of hydrogen-bond donors (Lipinski definition) is 0. The fourth-order valence-corrected chi connectivity index (χ4v) is 4.24. The number of para-hydroxylation sites is 1. The van der Waals surface area contributed by atoms with Gasteiger partial charge in [0.25, 0.3) is 5.91 Å². The molecule has 8 heteroatoms. The van der Waals surface area contributed by atoms with Gasteiger partial charge in [-0.25, -0.2) is 0 Å². The van der Waals surface area contributed by atoms with Crippen LogP contribution in [0.2, 0.25) is 0 Å². The number of aromatic nitrogens is 4. The van der Waals surface area contributed by atoms with Crippen molar-refractivity contribution < 1.29 is 14.1 Å². The molecule has 0 radical (unpaired) electrons. The molecule has 0 aliphatic carbocycles. The van der Waals surface area contributed by atoms with Gasteiger partial charge in [0.05, 0.1) is 11.7 Å². The monoisotopic (exact) mass is 445 g/mol. The predicted octanol–water partition coefficient (Wildman–Crippen LogP) is 4.45. The van der Waals surface area contributed by atoms with E-state index in [-0.39, 0.29) is 24.5 Å². The van der Waals surface area contributed by atoms with Crippen LogP contribution < -0.4 is 4.74 Å². The molecule has 3 heterocycles. The number of nitrogens with zero attached hydrogens (tertiary/aromatic N) is 5. The van der Waals surface area contributed by atoms with Gasteiger partial charge in [-0.05, 0) is 44.9 Å². The van der Waals surface area contributed by atoms with E-state index in [1.165, 1.54) is 0 Å². The van der Waals surface area contributed by atoms with E-state index >= 15 is 0 Å². The summed E-state index contributed by atoms with van der Waals surface area (Å²) in [7, 11) is 0. The lowest BCUT2D eigenvalue weighted by Crippen LogP contribution is -2.40. The fraction of sp³-hybridized carbons (Fsp3) is 0.360. The molecule has 0 N–H and O–H groups in total. The Morgan fingerprint density at radius 2 is 1.94 bits per heavy atom. The topological polar surface area (TPSA) is 86.3 Å². The molecule has 5 rings (SSSR count). The zero-order valence-electron chi connectivity index (χ0n) is 18.8. The minimum atomic E-state index is -0.00131. The average Bonchev–Trinajstić information content (AvgIpc) is 3.50. The van der Waals surface area contributed by atoms with Crippen LogP contribution >= 0.6 is 0 Å². The summed E-state index contributed by atoms with van der Waals surface area (Å²) in [5.74, 6) is 2.07. The maximum absolute atomic E-state index is 12.5. The van der Waals surface area contributed by atoms with Gasteiger partial charge in [0.2, 0.25) is 11.7 Å². The molecule has 1 aliphatic rings. The van der Waals surface area contributed by atoms with Gasteiger partial charge in [-0.3, -0.25) is 9.48 Å². The molecule has 33 heavy (non-hydrogen) atoms. The number of rotatable bonds is 6. The van der Waals surface area contributed by atoms with Crippen LogP contribution in [-0.4, -0.2) is 50.4 Å². The molecular formula is C25H27N5O3. The molecular weight excluding hydrogens is 418 g/mol. The van der Waals surface area contributed by atoms with Crippen LogP contribution in [0.25, 0.3) is 22.3 Å². The zero-order valence-corrected chi connectivity index (χ0v) is 18.8. The molecule has 1 aliphatic heterocycles. The number of carbonyl (C=O) groups excluding carboxylic acids is 1. The molecule has 1 fully saturated rings. The fourth-order valence-electron chi connectivity index (χ4n) is 4.24. The molecule has 0 bridgehead atoms. The van der Waals surface area contributed by atoms with E-state index < -0.39 is 0 Å². The van der Waals surface area contributed by atoms with Crippen molar-refractivity contribution in [2.24, 2.45) is 0 Å². The van der Waals surface area contributed by atoms with E-state index in [1.807, 2.05) is 58.2 Å². The van der Waals surface area contributed by atoms with Gasteiger partial charge in [-0.15, -0.1) is 0 Å². The minimum absolute atomic E-state index is 0.00131. The minimum Gasteiger partial charge on any atom is -0.484 e. The van der Waals surface area contributed by atoms with Crippen molar-refractivity contribution in [1.82, 2.24) is 24.8 Å². The third-order valence-electron chi connectivity index (χ3n) is 6.09. The number of amides is 1. The highest BCUT2D eigenvalue weighted by atomic mass is 16.5. The standard InChI is InChI=1S/C25H27N5O3/c1-17(2)30-22-14-19(8-9-20(22)15-26-30)24-27-25(33-28-24)18-10-12-29(13-11-18)23(31)16-32-21-6-4-3-5-7-21/h3-9,14-15,17-18H,10-13,16H2,1-2H3. The first-order valence-corrected chi connectivity index (χ1v) is 11.4. The average molecular weight is 446 g/mol. The number of fused-ring (bicyclic) bond motifs is 1. The predicted molar refractivity (Wildman–Crippen MR) is 124 cm³/mol. The number of benzene rings is 2. The number of ether oxygens (including phenoxy) is 1. The molecule has 2 aromatic carbocycles. The molecule has 2 aromatic heterocycles. The van der Waals surface area contributed by atoms with Crippen molar-refractivity contribution in [2.45, 2.75) is 38.6 Å². The van der Waals surface area contributed by atoms with Crippen LogP contribution in [0, 0.1) is 0 Å². The molecule has 1 saturated heterocycles. The smallest absolute Gasteiger partial charge is 0.260 e. The van der Waals surface area contributed by atoms with Crippen molar-refractivity contribution in [3.63, 3.8) is 0 Å². The highest BCUT2D eigenvalue weighted by Crippen LogP contribution is 2.30. The second-order valence-electron chi connectivity index (χ2n) is 8.67. The molecule has 1 amide bonds. The SMILES string of the molecule is CC(C)n1ncc2ccc(-c3noc(C4CCN(C(=O)COc5ccccc5)CC4)n3)cc21. The third-order valence-corrected chi connectivity index (χ3v) is 6.09. The summed E-state index contributed by atoms with van der Waals surface area (Å²) in [6.45, 7) is 5.57. The molecule has 0 spiro atoms. The highest BCUT2D eigenvalue weighted by molar-refractivity contribution is 5.83. The van der Waals surface area contributed by atoms with Crippen molar-refractivity contribution in [3.8, 4) is 17.1 Å². The van der Waals surface area contributed by atoms with E-state index in [0.717, 1.165) is 29.3 Å². The van der Waals surface area contributed by atoms with Gasteiger partial charge in [0, 0.05) is 36.0 Å². The van der Waals surface area contributed by atoms with E-state index in [1.54, 1.807) is 0 Å². The van der Waals surface area contributed by atoms with E-state index in [0.29, 0.717) is 30.6 Å². The normalized spacial score (nSPS) is 14.8. The van der Waals surface area contributed by atoms with Crippen LogP contribution in [0.1, 0.15) is 44.5 Å². The lowest BCUT2D eigenvalue weighted by Gasteiger charge is -2.30. The second kappa shape index (κ2) is 9.05. The zero-order chi connectivity index (χ0) is 22.8. The van der Waals surface area contributed by atoms with Gasteiger partial charge in [0.1, 0.15) is 5.75 Å². The molecule has 0 saturated carbocycles. The van der Waals surface area contributed by atoms with Crippen LogP contribution in [0.4, 0.5) is 0 Å². The van der Waals surface area contributed by atoms with Crippen LogP contribution in [0.5, 0.6) is 5.75 Å². The van der Waals surface area contributed by atoms with Crippen LogP contribution in [-0.2, 0) is 4.79 Å². The van der Waals surface area contributed by atoms with Crippen molar-refractivity contribution >= 4 is 16.8 Å². The molecule has 170 valence electrons. The summed E-state index contributed by atoms with van der Waals surface area (Å²) in [6.07, 6.45) is 3.45. The molecule has 0 atom stereocenters. The third kappa shape index (κ3) is 4.46. The summed E-state index contributed by atoms with van der Waals surface area (Å²) in [5, 5.41) is 9.79. The lowest BCUT2D eigenvalue weighted by molar-refractivity contribution is -0.134. The van der Waals surface area contributed by atoms with Crippen molar-refractivity contribution in [2.75, 3.05) is 19.7 Å². The molecule has 0 unspecified atom stereocenters. The Hall–Kier alpha value is -3.68. The van der Waals surface area contributed by atoms with Crippen LogP contribution in [0.15, 0.2) is 59.3 Å². The summed E-state index contributed by atoms with van der Waals surface area (Å²) in [4.78, 5) is 19.0. The van der Waals surface area contributed by atoms with Gasteiger partial charge >= 0.3 is 0 Å². The van der Waals surface area contributed by atoms with E-state index in [4.69, 9.17) is 9.26 Å². The Morgan fingerprint density at radius 3 is 2.70 bits per heavy atom. The number of piperidine rings is 1. The Kier molecular flexibility index (Phi) is 5.81. The highest BCUT2D eigenvalue weighted by Gasteiger charge is 2.28. The largest absolute Gasteiger partial charge is 0.484 e. The van der Waals surface area contributed by atoms with E-state index in [2.05, 4.69) is 35.2 Å². The summed E-state index contributed by atoms with van der Waals surface area (Å²) >= 11 is 0. The maximum Gasteiger partial charge on any atom is 0.260 e. The van der Waals surface area contributed by atoms with E-state index in [9.17, 15) is 4.79 Å². The maximum atomic E-state index is 12.5. The van der Waals surface area contributed by atoms with Gasteiger partial charge < -0.3 is 14.2 Å². The number of likely N-dealkylation sites (tertiary alicyclic amines) is 1. The lowest BCUT2D eigenvalue weighted by atomic mass is 9.96. The Balaban J connectivity index is 1.21. The number of hydrogen-bond acceptors (Lipinski definition) is 6. The van der Waals surface area contributed by atoms with Crippen molar-refractivity contribution in [3.05, 3.63) is 60.6 Å². The van der Waals surface area contributed by atoms with Crippen LogP contribution in [0.3, 0.4) is 0 Å². The van der Waals surface area contributed by atoms with Crippen molar-refractivity contribution in [1.29, 1.82) is 0 Å². The first-order chi connectivity index (χ1) is 16.1. The molecule has 4 aromatic rings. The first kappa shape index (κ1) is 21.2. The van der Waals surface area contributed by atoms with Gasteiger partial charge in [-0.1, -0.05) is 35.5 Å². The Morgan fingerprint density at radius 1 is 1.15 bits per heavy atom. The Labute approximate surface area is 192 Å². The first-order valence-electron chi connectivity index (χ1n) is 11.4. The Bertz CT molecular complexity index is 1240. The summed E-state index contributed by atoms with van der Waals surface area (Å²) in [5.41, 5.74) is 1.96. The number of carbonyl (C=O) groups is 1. The van der Waals surface area contributed by atoms with Gasteiger partial charge in [0.15, 0.2) is 6.61 Å². The summed E-state index contributed by atoms with van der Waals surface area (Å²) in [6, 6.07) is 15.8. The van der Waals surface area contributed by atoms with Gasteiger partial charge in [-0.2, -0.15) is 10.1 Å². The second-order valence-corrected chi connectivity index (χ2v) is 8.67. The summed E-state index contributed by atoms with van der Waals surface area (Å²) < 4.78 is 13.2.